The minimum absolute atomic E-state index is 0.00787. The molecule has 1 rings (SSSR count). The van der Waals surface area contributed by atoms with Gasteiger partial charge in [-0.1, -0.05) is 12.1 Å². The second kappa shape index (κ2) is 4.54. The SMILES string of the molecule is CC(=O)O[C@H](C)c1cccc([N+](=O)[O-])c1. The van der Waals surface area contributed by atoms with E-state index in [0.717, 1.165) is 0 Å². The van der Waals surface area contributed by atoms with E-state index in [1.807, 2.05) is 0 Å². The summed E-state index contributed by atoms with van der Waals surface area (Å²) >= 11 is 0. The van der Waals surface area contributed by atoms with E-state index in [1.165, 1.54) is 19.1 Å². The lowest BCUT2D eigenvalue weighted by molar-refractivity contribution is -0.385. The Balaban J connectivity index is 2.89. The molecule has 15 heavy (non-hydrogen) atoms. The lowest BCUT2D eigenvalue weighted by atomic mass is 10.1. The maximum atomic E-state index is 10.7. The molecule has 0 aliphatic carbocycles. The summed E-state index contributed by atoms with van der Waals surface area (Å²) in [5.74, 6) is -0.408. The Morgan fingerprint density at radius 1 is 1.53 bits per heavy atom. The molecule has 1 aromatic rings. The van der Waals surface area contributed by atoms with E-state index < -0.39 is 17.0 Å². The minimum Gasteiger partial charge on any atom is -0.458 e. The van der Waals surface area contributed by atoms with Gasteiger partial charge in [-0.25, -0.2) is 0 Å². The third-order valence-electron chi connectivity index (χ3n) is 1.89. The van der Waals surface area contributed by atoms with E-state index in [2.05, 4.69) is 0 Å². The molecule has 80 valence electrons. The van der Waals surface area contributed by atoms with Crippen LogP contribution in [-0.2, 0) is 9.53 Å². The normalized spacial score (nSPS) is 11.9. The van der Waals surface area contributed by atoms with E-state index in [-0.39, 0.29) is 5.69 Å². The number of nitrogens with zero attached hydrogens (tertiary/aromatic N) is 1. The van der Waals surface area contributed by atoms with Crippen molar-refractivity contribution < 1.29 is 14.5 Å². The van der Waals surface area contributed by atoms with E-state index in [4.69, 9.17) is 4.74 Å². The number of benzene rings is 1. The van der Waals surface area contributed by atoms with Crippen LogP contribution < -0.4 is 0 Å². The van der Waals surface area contributed by atoms with Crippen LogP contribution in [0.4, 0.5) is 5.69 Å². The summed E-state index contributed by atoms with van der Waals surface area (Å²) in [6.45, 7) is 2.97. The lowest BCUT2D eigenvalue weighted by Gasteiger charge is -2.11. The van der Waals surface area contributed by atoms with Crippen molar-refractivity contribution in [2.75, 3.05) is 0 Å². The number of hydrogen-bond acceptors (Lipinski definition) is 4. The smallest absolute Gasteiger partial charge is 0.303 e. The number of carbonyl (C=O) groups excluding carboxylic acids is 1. The molecule has 1 atom stereocenters. The van der Waals surface area contributed by atoms with Crippen molar-refractivity contribution in [1.29, 1.82) is 0 Å². The molecule has 1 aromatic carbocycles. The first-order chi connectivity index (χ1) is 7.00. The molecule has 0 N–H and O–H groups in total. The van der Waals surface area contributed by atoms with Crippen molar-refractivity contribution in [3.8, 4) is 0 Å². The second-order valence-electron chi connectivity index (χ2n) is 3.10. The van der Waals surface area contributed by atoms with Crippen molar-refractivity contribution >= 4 is 11.7 Å². The fourth-order valence-corrected chi connectivity index (χ4v) is 1.21. The van der Waals surface area contributed by atoms with Crippen LogP contribution in [0, 0.1) is 10.1 Å². The first-order valence-electron chi connectivity index (χ1n) is 4.42. The molecule has 0 aromatic heterocycles. The first kappa shape index (κ1) is 11.2. The molecule has 0 amide bonds. The second-order valence-corrected chi connectivity index (χ2v) is 3.10. The summed E-state index contributed by atoms with van der Waals surface area (Å²) in [4.78, 5) is 20.7. The summed E-state index contributed by atoms with van der Waals surface area (Å²) in [6.07, 6.45) is -0.470. The predicted molar refractivity (Wildman–Crippen MR) is 53.3 cm³/mol. The Morgan fingerprint density at radius 2 is 2.20 bits per heavy atom. The summed E-state index contributed by atoms with van der Waals surface area (Å²) in [6, 6.07) is 6.03. The van der Waals surface area contributed by atoms with Crippen molar-refractivity contribution in [1.82, 2.24) is 0 Å². The van der Waals surface area contributed by atoms with Gasteiger partial charge >= 0.3 is 5.97 Å². The third-order valence-corrected chi connectivity index (χ3v) is 1.89. The van der Waals surface area contributed by atoms with Crippen molar-refractivity contribution in [3.05, 3.63) is 39.9 Å². The van der Waals surface area contributed by atoms with Crippen LogP contribution in [0.1, 0.15) is 25.5 Å². The molecule has 0 aliphatic heterocycles. The van der Waals surface area contributed by atoms with Gasteiger partial charge in [-0.15, -0.1) is 0 Å². The summed E-state index contributed by atoms with van der Waals surface area (Å²) in [5, 5.41) is 10.5. The van der Waals surface area contributed by atoms with Crippen molar-refractivity contribution in [3.63, 3.8) is 0 Å². The van der Waals surface area contributed by atoms with Crippen molar-refractivity contribution in [2.45, 2.75) is 20.0 Å². The average molecular weight is 209 g/mol. The number of ether oxygens (including phenoxy) is 1. The van der Waals surface area contributed by atoms with Crippen LogP contribution >= 0.6 is 0 Å². The summed E-state index contributed by atoms with van der Waals surface area (Å²) in [5.41, 5.74) is 0.603. The average Bonchev–Trinajstić information content (AvgIpc) is 2.17. The maximum absolute atomic E-state index is 10.7. The Hall–Kier alpha value is -1.91. The maximum Gasteiger partial charge on any atom is 0.303 e. The van der Waals surface area contributed by atoms with Gasteiger partial charge in [-0.3, -0.25) is 14.9 Å². The highest BCUT2D eigenvalue weighted by atomic mass is 16.6. The van der Waals surface area contributed by atoms with Gasteiger partial charge in [0.05, 0.1) is 4.92 Å². The highest BCUT2D eigenvalue weighted by Gasteiger charge is 2.12. The fraction of sp³-hybridized carbons (Fsp3) is 0.300. The van der Waals surface area contributed by atoms with Crippen LogP contribution in [0.15, 0.2) is 24.3 Å². The van der Waals surface area contributed by atoms with E-state index >= 15 is 0 Å². The van der Waals surface area contributed by atoms with E-state index in [9.17, 15) is 14.9 Å². The van der Waals surface area contributed by atoms with Gasteiger partial charge in [0.15, 0.2) is 0 Å². The molecule has 0 fully saturated rings. The standard InChI is InChI=1S/C10H11NO4/c1-7(15-8(2)12)9-4-3-5-10(6-9)11(13)14/h3-7H,1-2H3/t7-/m1/s1. The Kier molecular flexibility index (Phi) is 3.38. The monoisotopic (exact) mass is 209 g/mol. The molecule has 0 aliphatic rings. The molecule has 0 unspecified atom stereocenters. The largest absolute Gasteiger partial charge is 0.458 e. The van der Waals surface area contributed by atoms with Crippen LogP contribution in [0.5, 0.6) is 0 Å². The van der Waals surface area contributed by atoms with Crippen LogP contribution in [0.25, 0.3) is 0 Å². The molecule has 0 saturated carbocycles. The van der Waals surface area contributed by atoms with Gasteiger partial charge in [0.1, 0.15) is 6.10 Å². The molecule has 0 radical (unpaired) electrons. The van der Waals surface area contributed by atoms with E-state index in [1.54, 1.807) is 19.1 Å². The molecule has 0 bridgehead atoms. The van der Waals surface area contributed by atoms with Gasteiger partial charge in [0.2, 0.25) is 0 Å². The number of carbonyl (C=O) groups is 1. The fourth-order valence-electron chi connectivity index (χ4n) is 1.21. The zero-order valence-corrected chi connectivity index (χ0v) is 8.47. The van der Waals surface area contributed by atoms with Gasteiger partial charge in [0.25, 0.3) is 5.69 Å². The number of nitro benzene ring substituents is 1. The van der Waals surface area contributed by atoms with Crippen LogP contribution in [0.2, 0.25) is 0 Å². The molecular formula is C10H11NO4. The van der Waals surface area contributed by atoms with Gasteiger partial charge in [-0.2, -0.15) is 0 Å². The Morgan fingerprint density at radius 3 is 2.73 bits per heavy atom. The zero-order valence-electron chi connectivity index (χ0n) is 8.47. The number of esters is 1. The van der Waals surface area contributed by atoms with Crippen LogP contribution in [-0.4, -0.2) is 10.9 Å². The predicted octanol–water partition coefficient (Wildman–Crippen LogP) is 2.22. The molecule has 0 spiro atoms. The highest BCUT2D eigenvalue weighted by molar-refractivity contribution is 5.66. The molecular weight excluding hydrogens is 198 g/mol. The lowest BCUT2D eigenvalue weighted by Crippen LogP contribution is -2.05. The number of hydrogen-bond donors (Lipinski definition) is 0. The molecule has 5 heteroatoms. The minimum atomic E-state index is -0.482. The van der Waals surface area contributed by atoms with Gasteiger partial charge < -0.3 is 4.74 Å². The molecule has 0 saturated heterocycles. The highest BCUT2D eigenvalue weighted by Crippen LogP contribution is 2.21. The topological polar surface area (TPSA) is 69.4 Å². The zero-order chi connectivity index (χ0) is 11.4. The Bertz CT molecular complexity index is 389. The summed E-state index contributed by atoms with van der Waals surface area (Å²) in [7, 11) is 0. The molecule has 0 heterocycles. The van der Waals surface area contributed by atoms with E-state index in [0.29, 0.717) is 5.56 Å². The van der Waals surface area contributed by atoms with Crippen molar-refractivity contribution in [2.24, 2.45) is 0 Å². The number of rotatable bonds is 3. The Labute approximate surface area is 86.8 Å². The number of non-ortho nitro benzene ring substituents is 1. The van der Waals surface area contributed by atoms with Gasteiger partial charge in [-0.05, 0) is 12.5 Å². The number of nitro groups is 1. The van der Waals surface area contributed by atoms with Crippen LogP contribution in [0.3, 0.4) is 0 Å². The quantitative estimate of drug-likeness (QED) is 0.434. The van der Waals surface area contributed by atoms with Gasteiger partial charge in [0, 0.05) is 19.1 Å². The third kappa shape index (κ3) is 3.05. The molecule has 5 nitrogen and oxygen atoms in total. The summed E-state index contributed by atoms with van der Waals surface area (Å²) < 4.78 is 4.91. The first-order valence-corrected chi connectivity index (χ1v) is 4.42.